The Morgan fingerprint density at radius 1 is 1.38 bits per heavy atom. The molecule has 90 valence electrons. The van der Waals surface area contributed by atoms with Crippen molar-refractivity contribution in [3.05, 3.63) is 28.8 Å². The Morgan fingerprint density at radius 2 is 2.06 bits per heavy atom. The first-order valence-corrected chi connectivity index (χ1v) is 5.63. The first-order valence-electron chi connectivity index (χ1n) is 5.25. The molecule has 2 atom stereocenters. The molecule has 1 aromatic rings. The van der Waals surface area contributed by atoms with Crippen LogP contribution in [0.2, 0.25) is 5.02 Å². The van der Waals surface area contributed by atoms with E-state index < -0.39 is 6.10 Å². The van der Waals surface area contributed by atoms with Gasteiger partial charge in [0.05, 0.1) is 12.7 Å². The molecule has 0 amide bonds. The van der Waals surface area contributed by atoms with Crippen LogP contribution in [-0.4, -0.2) is 23.4 Å². The second kappa shape index (κ2) is 6.09. The quantitative estimate of drug-likeness (QED) is 0.836. The molecule has 1 aromatic carbocycles. The fourth-order valence-electron chi connectivity index (χ4n) is 1.26. The van der Waals surface area contributed by atoms with E-state index in [4.69, 9.17) is 21.4 Å². The average Bonchev–Trinajstić information content (AvgIpc) is 2.26. The maximum atomic E-state index is 9.56. The first-order chi connectivity index (χ1) is 7.54. The van der Waals surface area contributed by atoms with E-state index in [9.17, 15) is 5.11 Å². The molecule has 0 fully saturated rings. The lowest BCUT2D eigenvalue weighted by atomic mass is 10.1. The van der Waals surface area contributed by atoms with E-state index in [1.165, 1.54) is 0 Å². The normalized spacial score (nSPS) is 14.6. The molecule has 0 aliphatic rings. The highest BCUT2D eigenvalue weighted by molar-refractivity contribution is 6.30. The van der Waals surface area contributed by atoms with Gasteiger partial charge >= 0.3 is 0 Å². The summed E-state index contributed by atoms with van der Waals surface area (Å²) in [5.41, 5.74) is 0.664. The van der Waals surface area contributed by atoms with Crippen molar-refractivity contribution in [2.45, 2.75) is 20.0 Å². The highest BCUT2D eigenvalue weighted by Gasteiger charge is 2.11. The number of aliphatic hydroxyl groups excluding tert-OH is 2. The van der Waals surface area contributed by atoms with Crippen molar-refractivity contribution >= 4 is 11.6 Å². The maximum absolute atomic E-state index is 9.56. The summed E-state index contributed by atoms with van der Waals surface area (Å²) in [6, 6.07) is 5.13. The molecule has 0 bridgehead atoms. The molecule has 0 aromatic heterocycles. The van der Waals surface area contributed by atoms with Crippen molar-refractivity contribution in [2.75, 3.05) is 13.2 Å². The van der Waals surface area contributed by atoms with Crippen LogP contribution in [0.5, 0.6) is 5.75 Å². The smallest absolute Gasteiger partial charge is 0.125 e. The van der Waals surface area contributed by atoms with Crippen LogP contribution in [0, 0.1) is 5.92 Å². The minimum atomic E-state index is -0.627. The summed E-state index contributed by atoms with van der Waals surface area (Å²) in [4.78, 5) is 0. The Labute approximate surface area is 101 Å². The fourth-order valence-corrected chi connectivity index (χ4v) is 1.44. The molecule has 0 spiro atoms. The zero-order chi connectivity index (χ0) is 12.1. The maximum Gasteiger partial charge on any atom is 0.125 e. The van der Waals surface area contributed by atoms with Crippen LogP contribution in [0.25, 0.3) is 0 Å². The lowest BCUT2D eigenvalue weighted by molar-refractivity contribution is 0.163. The van der Waals surface area contributed by atoms with E-state index >= 15 is 0 Å². The van der Waals surface area contributed by atoms with E-state index in [0.717, 1.165) is 0 Å². The van der Waals surface area contributed by atoms with E-state index in [1.54, 1.807) is 25.1 Å². The van der Waals surface area contributed by atoms with Gasteiger partial charge in [0, 0.05) is 23.1 Å². The Balaban J connectivity index is 2.78. The SMILES string of the molecule is CC(CO)COc1ccc(Cl)cc1C(C)O. The molecule has 0 heterocycles. The highest BCUT2D eigenvalue weighted by atomic mass is 35.5. The van der Waals surface area contributed by atoms with Crippen molar-refractivity contribution in [1.82, 2.24) is 0 Å². The van der Waals surface area contributed by atoms with E-state index in [-0.39, 0.29) is 12.5 Å². The number of ether oxygens (including phenoxy) is 1. The minimum absolute atomic E-state index is 0.0672. The van der Waals surface area contributed by atoms with Gasteiger partial charge < -0.3 is 14.9 Å². The first kappa shape index (κ1) is 13.3. The lowest BCUT2D eigenvalue weighted by Crippen LogP contribution is -2.13. The summed E-state index contributed by atoms with van der Waals surface area (Å²) in [6.07, 6.45) is -0.627. The van der Waals surface area contributed by atoms with Gasteiger partial charge in [0.25, 0.3) is 0 Å². The van der Waals surface area contributed by atoms with Crippen LogP contribution in [0.3, 0.4) is 0 Å². The van der Waals surface area contributed by atoms with Gasteiger partial charge in [-0.25, -0.2) is 0 Å². The van der Waals surface area contributed by atoms with Gasteiger partial charge in [0.2, 0.25) is 0 Å². The van der Waals surface area contributed by atoms with Gasteiger partial charge in [-0.05, 0) is 25.1 Å². The molecule has 1 rings (SSSR count). The molecule has 0 radical (unpaired) electrons. The molecular formula is C12H17ClO3. The van der Waals surface area contributed by atoms with Crippen molar-refractivity contribution in [3.63, 3.8) is 0 Å². The standard InChI is InChI=1S/C12H17ClO3/c1-8(6-14)7-16-12-4-3-10(13)5-11(12)9(2)15/h3-5,8-9,14-15H,6-7H2,1-2H3. The van der Waals surface area contributed by atoms with E-state index in [2.05, 4.69) is 0 Å². The van der Waals surface area contributed by atoms with E-state index in [0.29, 0.717) is 22.9 Å². The number of benzene rings is 1. The molecule has 0 aliphatic carbocycles. The van der Waals surface area contributed by atoms with Gasteiger partial charge in [-0.2, -0.15) is 0 Å². The van der Waals surface area contributed by atoms with Crippen LogP contribution in [-0.2, 0) is 0 Å². The topological polar surface area (TPSA) is 49.7 Å². The summed E-state index contributed by atoms with van der Waals surface area (Å²) in [5, 5.41) is 19.0. The van der Waals surface area contributed by atoms with E-state index in [1.807, 2.05) is 6.92 Å². The third kappa shape index (κ3) is 3.67. The van der Waals surface area contributed by atoms with Gasteiger partial charge in [-0.3, -0.25) is 0 Å². The van der Waals surface area contributed by atoms with Crippen molar-refractivity contribution < 1.29 is 14.9 Å². The summed E-state index contributed by atoms with van der Waals surface area (Å²) in [5.74, 6) is 0.678. The van der Waals surface area contributed by atoms with Gasteiger partial charge in [-0.15, -0.1) is 0 Å². The molecular weight excluding hydrogens is 228 g/mol. The predicted molar refractivity (Wildman–Crippen MR) is 63.8 cm³/mol. The summed E-state index contributed by atoms with van der Waals surface area (Å²) in [7, 11) is 0. The Kier molecular flexibility index (Phi) is 5.06. The van der Waals surface area contributed by atoms with Crippen LogP contribution in [0.15, 0.2) is 18.2 Å². The van der Waals surface area contributed by atoms with Crippen LogP contribution >= 0.6 is 11.6 Å². The molecule has 2 N–H and O–H groups in total. The monoisotopic (exact) mass is 244 g/mol. The molecule has 0 saturated carbocycles. The number of hydrogen-bond acceptors (Lipinski definition) is 3. The Morgan fingerprint density at radius 3 is 2.62 bits per heavy atom. The van der Waals surface area contributed by atoms with Crippen molar-refractivity contribution in [3.8, 4) is 5.75 Å². The number of rotatable bonds is 5. The molecule has 16 heavy (non-hydrogen) atoms. The zero-order valence-corrected chi connectivity index (χ0v) is 10.2. The van der Waals surface area contributed by atoms with Crippen LogP contribution in [0.4, 0.5) is 0 Å². The molecule has 0 saturated heterocycles. The predicted octanol–water partition coefficient (Wildman–Crippen LogP) is 2.40. The molecule has 3 nitrogen and oxygen atoms in total. The van der Waals surface area contributed by atoms with Crippen LogP contribution in [0.1, 0.15) is 25.5 Å². The summed E-state index contributed by atoms with van der Waals surface area (Å²) >= 11 is 5.84. The third-order valence-electron chi connectivity index (χ3n) is 2.26. The average molecular weight is 245 g/mol. The van der Waals surface area contributed by atoms with Crippen LogP contribution < -0.4 is 4.74 Å². The lowest BCUT2D eigenvalue weighted by Gasteiger charge is -2.15. The Hall–Kier alpha value is -0.770. The molecule has 4 heteroatoms. The fraction of sp³-hybridized carbons (Fsp3) is 0.500. The number of hydrogen-bond donors (Lipinski definition) is 2. The van der Waals surface area contributed by atoms with Gasteiger partial charge in [0.1, 0.15) is 5.75 Å². The number of halogens is 1. The molecule has 0 aliphatic heterocycles. The van der Waals surface area contributed by atoms with Crippen molar-refractivity contribution in [1.29, 1.82) is 0 Å². The minimum Gasteiger partial charge on any atom is -0.493 e. The second-order valence-electron chi connectivity index (χ2n) is 3.96. The second-order valence-corrected chi connectivity index (χ2v) is 4.39. The van der Waals surface area contributed by atoms with Crippen molar-refractivity contribution in [2.24, 2.45) is 5.92 Å². The highest BCUT2D eigenvalue weighted by Crippen LogP contribution is 2.28. The molecule has 2 unspecified atom stereocenters. The summed E-state index contributed by atoms with van der Waals surface area (Å²) in [6.45, 7) is 4.04. The van der Waals surface area contributed by atoms with Gasteiger partial charge in [-0.1, -0.05) is 18.5 Å². The zero-order valence-electron chi connectivity index (χ0n) is 9.48. The van der Waals surface area contributed by atoms with Gasteiger partial charge in [0.15, 0.2) is 0 Å². The Bertz CT molecular complexity index is 339. The third-order valence-corrected chi connectivity index (χ3v) is 2.49. The number of aliphatic hydroxyl groups is 2. The largest absolute Gasteiger partial charge is 0.493 e. The summed E-state index contributed by atoms with van der Waals surface area (Å²) < 4.78 is 5.53.